The van der Waals surface area contributed by atoms with Crippen molar-refractivity contribution in [3.05, 3.63) is 47.4 Å². The third kappa shape index (κ3) is 4.07. The van der Waals surface area contributed by atoms with Crippen LogP contribution in [0, 0.1) is 6.92 Å². The van der Waals surface area contributed by atoms with Crippen LogP contribution in [0.4, 0.5) is 5.82 Å². The largest absolute Gasteiger partial charge is 0.497 e. The molecule has 2 aliphatic rings. The first-order chi connectivity index (χ1) is 15.3. The van der Waals surface area contributed by atoms with Crippen molar-refractivity contribution in [2.75, 3.05) is 39.2 Å². The molecule has 0 N–H and O–H groups in total. The van der Waals surface area contributed by atoms with Crippen LogP contribution in [0.1, 0.15) is 62.5 Å². The number of hydrogen-bond acceptors (Lipinski definition) is 5. The monoisotopic (exact) mass is 436 g/mol. The lowest BCUT2D eigenvalue weighted by molar-refractivity contribution is -0.139. The molecular weight excluding hydrogens is 400 g/mol. The van der Waals surface area contributed by atoms with Gasteiger partial charge in [-0.25, -0.2) is 9.97 Å². The molecule has 4 rings (SSSR count). The molecule has 2 heterocycles. The standard InChI is InChI=1S/C26H36N4O2/c1-19-27-22(17-23(28-19)29(3)4)25(2)13-8-16-30(18-25)24(31)26(14-6-7-15-26)20-9-11-21(32-5)12-10-20/h9-12,17H,6-8,13-16,18H2,1-5H3/t25-/m1/s1. The van der Waals surface area contributed by atoms with E-state index in [0.29, 0.717) is 6.54 Å². The average molecular weight is 437 g/mol. The van der Waals surface area contributed by atoms with Gasteiger partial charge in [0.25, 0.3) is 0 Å². The number of hydrogen-bond donors (Lipinski definition) is 0. The molecule has 0 spiro atoms. The summed E-state index contributed by atoms with van der Waals surface area (Å²) < 4.78 is 5.34. The predicted octanol–water partition coefficient (Wildman–Crippen LogP) is 4.25. The first-order valence-electron chi connectivity index (χ1n) is 11.7. The van der Waals surface area contributed by atoms with Gasteiger partial charge in [-0.3, -0.25) is 4.79 Å². The molecule has 1 amide bonds. The molecule has 1 aliphatic carbocycles. The van der Waals surface area contributed by atoms with Crippen LogP contribution in [-0.4, -0.2) is 55.1 Å². The zero-order chi connectivity index (χ0) is 22.9. The highest BCUT2D eigenvalue weighted by Gasteiger charge is 2.47. The molecule has 2 fully saturated rings. The average Bonchev–Trinajstić information content (AvgIpc) is 3.29. The molecule has 172 valence electrons. The number of aromatic nitrogens is 2. The van der Waals surface area contributed by atoms with Crippen molar-refractivity contribution >= 4 is 11.7 Å². The van der Waals surface area contributed by atoms with Gasteiger partial charge in [0.2, 0.25) is 5.91 Å². The fourth-order valence-corrected chi connectivity index (χ4v) is 5.53. The second-order valence-corrected chi connectivity index (χ2v) is 9.96. The Labute approximate surface area is 192 Å². The quantitative estimate of drug-likeness (QED) is 0.701. The lowest BCUT2D eigenvalue weighted by atomic mass is 9.74. The number of likely N-dealkylation sites (tertiary alicyclic amines) is 1. The third-order valence-electron chi connectivity index (χ3n) is 7.39. The molecule has 0 unspecified atom stereocenters. The SMILES string of the molecule is COc1ccc(C2(C(=O)N3CCC[C@@](C)(c4cc(N(C)C)nc(C)n4)C3)CCCC2)cc1. The van der Waals surface area contributed by atoms with E-state index in [9.17, 15) is 4.79 Å². The number of ether oxygens (including phenoxy) is 1. The van der Waals surface area contributed by atoms with E-state index in [-0.39, 0.29) is 11.3 Å². The van der Waals surface area contributed by atoms with Crippen LogP contribution in [-0.2, 0) is 15.6 Å². The summed E-state index contributed by atoms with van der Waals surface area (Å²) in [5.74, 6) is 2.81. The minimum absolute atomic E-state index is 0.175. The Morgan fingerprint density at radius 1 is 1.06 bits per heavy atom. The van der Waals surface area contributed by atoms with Crippen molar-refractivity contribution in [2.45, 2.75) is 63.2 Å². The molecule has 1 saturated carbocycles. The molecular formula is C26H36N4O2. The molecule has 0 bridgehead atoms. The number of aryl methyl sites for hydroxylation is 1. The number of nitrogens with zero attached hydrogens (tertiary/aromatic N) is 4. The van der Waals surface area contributed by atoms with E-state index < -0.39 is 5.41 Å². The molecule has 1 aromatic heterocycles. The zero-order valence-electron chi connectivity index (χ0n) is 20.1. The Morgan fingerprint density at radius 3 is 2.38 bits per heavy atom. The molecule has 1 aromatic carbocycles. The van der Waals surface area contributed by atoms with Gasteiger partial charge in [0.05, 0.1) is 18.2 Å². The Kier molecular flexibility index (Phi) is 6.15. The van der Waals surface area contributed by atoms with E-state index in [2.05, 4.69) is 35.0 Å². The smallest absolute Gasteiger partial charge is 0.233 e. The van der Waals surface area contributed by atoms with E-state index >= 15 is 0 Å². The summed E-state index contributed by atoms with van der Waals surface area (Å²) in [6.45, 7) is 5.72. The summed E-state index contributed by atoms with van der Waals surface area (Å²) in [5, 5.41) is 0. The number of amides is 1. The number of carbonyl (C=O) groups excluding carboxylic acids is 1. The fraction of sp³-hybridized carbons (Fsp3) is 0.577. The molecule has 6 heteroatoms. The maximum atomic E-state index is 14.1. The Bertz CT molecular complexity index is 966. The van der Waals surface area contributed by atoms with Gasteiger partial charge in [0.15, 0.2) is 0 Å². The number of anilines is 1. The van der Waals surface area contributed by atoms with Crippen LogP contribution in [0.2, 0.25) is 0 Å². The number of rotatable bonds is 5. The van der Waals surface area contributed by atoms with Crippen LogP contribution >= 0.6 is 0 Å². The van der Waals surface area contributed by atoms with Crippen molar-refractivity contribution in [1.29, 1.82) is 0 Å². The highest BCUT2D eigenvalue weighted by atomic mass is 16.5. The zero-order valence-corrected chi connectivity index (χ0v) is 20.1. The first-order valence-corrected chi connectivity index (χ1v) is 11.7. The van der Waals surface area contributed by atoms with Crippen molar-refractivity contribution in [3.63, 3.8) is 0 Å². The third-order valence-corrected chi connectivity index (χ3v) is 7.39. The van der Waals surface area contributed by atoms with Crippen LogP contribution < -0.4 is 9.64 Å². The van der Waals surface area contributed by atoms with E-state index in [4.69, 9.17) is 9.72 Å². The Balaban J connectivity index is 1.64. The summed E-state index contributed by atoms with van der Waals surface area (Å²) >= 11 is 0. The summed E-state index contributed by atoms with van der Waals surface area (Å²) in [4.78, 5) is 27.6. The lowest BCUT2D eigenvalue weighted by Crippen LogP contribution is -2.53. The molecule has 1 atom stereocenters. The summed E-state index contributed by atoms with van der Waals surface area (Å²) in [6.07, 6.45) is 6.04. The Hall–Kier alpha value is -2.63. The van der Waals surface area contributed by atoms with Crippen LogP contribution in [0.3, 0.4) is 0 Å². The number of piperidine rings is 1. The van der Waals surface area contributed by atoms with E-state index in [1.807, 2.05) is 38.1 Å². The molecule has 32 heavy (non-hydrogen) atoms. The van der Waals surface area contributed by atoms with Gasteiger partial charge in [-0.15, -0.1) is 0 Å². The van der Waals surface area contributed by atoms with Crippen LogP contribution in [0.15, 0.2) is 30.3 Å². The van der Waals surface area contributed by atoms with Gasteiger partial charge < -0.3 is 14.5 Å². The van der Waals surface area contributed by atoms with Gasteiger partial charge in [-0.05, 0) is 50.3 Å². The van der Waals surface area contributed by atoms with E-state index in [0.717, 1.165) is 73.7 Å². The van der Waals surface area contributed by atoms with Gasteiger partial charge in [-0.2, -0.15) is 0 Å². The summed E-state index contributed by atoms with van der Waals surface area (Å²) in [7, 11) is 5.68. The van der Waals surface area contributed by atoms with Crippen molar-refractivity contribution in [2.24, 2.45) is 0 Å². The van der Waals surface area contributed by atoms with Crippen molar-refractivity contribution < 1.29 is 9.53 Å². The minimum Gasteiger partial charge on any atom is -0.497 e. The molecule has 6 nitrogen and oxygen atoms in total. The molecule has 1 saturated heterocycles. The second kappa shape index (κ2) is 8.72. The van der Waals surface area contributed by atoms with Gasteiger partial charge >= 0.3 is 0 Å². The number of benzene rings is 1. The van der Waals surface area contributed by atoms with Crippen LogP contribution in [0.25, 0.3) is 0 Å². The highest BCUT2D eigenvalue weighted by Crippen LogP contribution is 2.44. The number of methoxy groups -OCH3 is 1. The van der Waals surface area contributed by atoms with Crippen LogP contribution in [0.5, 0.6) is 5.75 Å². The summed E-state index contributed by atoms with van der Waals surface area (Å²) in [5.41, 5.74) is 1.57. The van der Waals surface area contributed by atoms with Crippen molar-refractivity contribution in [1.82, 2.24) is 14.9 Å². The normalized spacial score (nSPS) is 22.6. The Morgan fingerprint density at radius 2 is 1.75 bits per heavy atom. The van der Waals surface area contributed by atoms with E-state index in [1.165, 1.54) is 0 Å². The van der Waals surface area contributed by atoms with Gasteiger partial charge in [0.1, 0.15) is 17.4 Å². The van der Waals surface area contributed by atoms with E-state index in [1.54, 1.807) is 7.11 Å². The molecule has 1 aliphatic heterocycles. The van der Waals surface area contributed by atoms with Gasteiger partial charge in [0, 0.05) is 38.7 Å². The lowest BCUT2D eigenvalue weighted by Gasteiger charge is -2.44. The van der Waals surface area contributed by atoms with Gasteiger partial charge in [-0.1, -0.05) is 31.9 Å². The maximum Gasteiger partial charge on any atom is 0.233 e. The minimum atomic E-state index is -0.416. The van der Waals surface area contributed by atoms with Crippen molar-refractivity contribution in [3.8, 4) is 5.75 Å². The topological polar surface area (TPSA) is 58.6 Å². The second-order valence-electron chi connectivity index (χ2n) is 9.96. The molecule has 2 aromatic rings. The number of carbonyl (C=O) groups is 1. The molecule has 0 radical (unpaired) electrons. The highest BCUT2D eigenvalue weighted by molar-refractivity contribution is 5.89. The first kappa shape index (κ1) is 22.6. The maximum absolute atomic E-state index is 14.1. The summed E-state index contributed by atoms with van der Waals surface area (Å²) in [6, 6.07) is 10.2. The predicted molar refractivity (Wildman–Crippen MR) is 127 cm³/mol. The fourth-order valence-electron chi connectivity index (χ4n) is 5.53.